The molecule has 1 atom stereocenters. The van der Waals surface area contributed by atoms with Crippen LogP contribution in [0.15, 0.2) is 0 Å². The Morgan fingerprint density at radius 2 is 1.73 bits per heavy atom. The van der Waals surface area contributed by atoms with Crippen molar-refractivity contribution in [2.75, 3.05) is 0 Å². The van der Waals surface area contributed by atoms with Crippen LogP contribution in [0.1, 0.15) is 78.6 Å². The average molecular weight is 210 g/mol. The molecule has 15 heavy (non-hydrogen) atoms. The minimum Gasteiger partial charge on any atom is -0.0651 e. The Morgan fingerprint density at radius 1 is 1.07 bits per heavy atom. The molecule has 1 fully saturated rings. The highest BCUT2D eigenvalue weighted by atomic mass is 14.2. The van der Waals surface area contributed by atoms with Gasteiger partial charge < -0.3 is 0 Å². The third-order valence-electron chi connectivity index (χ3n) is 4.39. The van der Waals surface area contributed by atoms with Gasteiger partial charge in [0.2, 0.25) is 0 Å². The second-order valence-corrected chi connectivity index (χ2v) is 5.92. The van der Waals surface area contributed by atoms with E-state index in [0.717, 1.165) is 17.8 Å². The van der Waals surface area contributed by atoms with Crippen LogP contribution in [0, 0.1) is 17.8 Å². The molecule has 0 heteroatoms. The summed E-state index contributed by atoms with van der Waals surface area (Å²) in [5.41, 5.74) is 0. The van der Waals surface area contributed by atoms with Gasteiger partial charge in [-0.2, -0.15) is 0 Å². The van der Waals surface area contributed by atoms with Crippen LogP contribution in [0.2, 0.25) is 0 Å². The molecule has 0 saturated heterocycles. The third-order valence-corrected chi connectivity index (χ3v) is 4.39. The maximum Gasteiger partial charge on any atom is -0.0414 e. The predicted molar refractivity (Wildman–Crippen MR) is 69.0 cm³/mol. The van der Waals surface area contributed by atoms with Crippen LogP contribution in [0.25, 0.3) is 0 Å². The van der Waals surface area contributed by atoms with E-state index >= 15 is 0 Å². The topological polar surface area (TPSA) is 0 Å². The summed E-state index contributed by atoms with van der Waals surface area (Å²) < 4.78 is 0. The van der Waals surface area contributed by atoms with Crippen LogP contribution in [0.4, 0.5) is 0 Å². The fraction of sp³-hybridized carbons (Fsp3) is 1.00. The fourth-order valence-corrected chi connectivity index (χ4v) is 2.75. The van der Waals surface area contributed by atoms with Crippen molar-refractivity contribution in [1.29, 1.82) is 0 Å². The summed E-state index contributed by atoms with van der Waals surface area (Å²) in [7, 11) is 0. The second kappa shape index (κ2) is 7.30. The lowest BCUT2D eigenvalue weighted by molar-refractivity contribution is 0.270. The molecule has 0 aromatic rings. The zero-order chi connectivity index (χ0) is 11.1. The normalized spacial score (nSPS) is 29.0. The van der Waals surface area contributed by atoms with Crippen molar-refractivity contribution < 1.29 is 0 Å². The largest absolute Gasteiger partial charge is 0.0651 e. The highest BCUT2D eigenvalue weighted by Crippen LogP contribution is 2.31. The molecular formula is C15H30. The van der Waals surface area contributed by atoms with Crippen LogP contribution >= 0.6 is 0 Å². The lowest BCUT2D eigenvalue weighted by atomic mass is 9.80. The molecule has 1 unspecified atom stereocenters. The van der Waals surface area contributed by atoms with Gasteiger partial charge in [0, 0.05) is 0 Å². The molecule has 0 N–H and O–H groups in total. The summed E-state index contributed by atoms with van der Waals surface area (Å²) >= 11 is 0. The Kier molecular flexibility index (Phi) is 6.36. The number of unbranched alkanes of at least 4 members (excludes halogenated alkanes) is 1. The Labute approximate surface area is 96.8 Å². The minimum atomic E-state index is 0.955. The first kappa shape index (κ1) is 13.1. The average Bonchev–Trinajstić information content (AvgIpc) is 2.26. The van der Waals surface area contributed by atoms with Crippen LogP contribution in [-0.4, -0.2) is 0 Å². The number of hydrogen-bond donors (Lipinski definition) is 0. The molecule has 1 aliphatic rings. The Morgan fingerprint density at radius 3 is 2.33 bits per heavy atom. The molecule has 0 amide bonds. The summed E-state index contributed by atoms with van der Waals surface area (Å²) in [5.74, 6) is 3.05. The van der Waals surface area contributed by atoms with Gasteiger partial charge >= 0.3 is 0 Å². The molecule has 0 nitrogen and oxygen atoms in total. The zero-order valence-electron chi connectivity index (χ0n) is 11.1. The van der Waals surface area contributed by atoms with Crippen molar-refractivity contribution >= 4 is 0 Å². The summed E-state index contributed by atoms with van der Waals surface area (Å²) in [6.45, 7) is 7.12. The van der Waals surface area contributed by atoms with Crippen molar-refractivity contribution in [3.63, 3.8) is 0 Å². The van der Waals surface area contributed by atoms with Crippen LogP contribution in [0.5, 0.6) is 0 Å². The van der Waals surface area contributed by atoms with Gasteiger partial charge in [0.25, 0.3) is 0 Å². The van der Waals surface area contributed by atoms with E-state index < -0.39 is 0 Å². The predicted octanol–water partition coefficient (Wildman–Crippen LogP) is 5.42. The second-order valence-electron chi connectivity index (χ2n) is 5.92. The van der Waals surface area contributed by atoms with E-state index in [4.69, 9.17) is 0 Å². The SMILES string of the molecule is CCC(C)CCCCC1CCC(C)CC1. The Hall–Kier alpha value is 0. The number of rotatable bonds is 6. The van der Waals surface area contributed by atoms with E-state index in [1.165, 1.54) is 57.8 Å². The molecule has 0 aromatic carbocycles. The van der Waals surface area contributed by atoms with Crippen molar-refractivity contribution in [3.05, 3.63) is 0 Å². The standard InChI is InChI=1S/C15H30/c1-4-13(2)7-5-6-8-15-11-9-14(3)10-12-15/h13-15H,4-12H2,1-3H3. The summed E-state index contributed by atoms with van der Waals surface area (Å²) in [5, 5.41) is 0. The summed E-state index contributed by atoms with van der Waals surface area (Å²) in [4.78, 5) is 0. The minimum absolute atomic E-state index is 0.955. The van der Waals surface area contributed by atoms with Crippen molar-refractivity contribution in [3.8, 4) is 0 Å². The van der Waals surface area contributed by atoms with Crippen LogP contribution in [-0.2, 0) is 0 Å². The molecule has 0 bridgehead atoms. The van der Waals surface area contributed by atoms with E-state index in [1.807, 2.05) is 0 Å². The monoisotopic (exact) mass is 210 g/mol. The van der Waals surface area contributed by atoms with Gasteiger partial charge in [0.1, 0.15) is 0 Å². The van der Waals surface area contributed by atoms with Gasteiger partial charge in [-0.05, 0) is 17.8 Å². The lowest BCUT2D eigenvalue weighted by Crippen LogP contribution is -2.12. The lowest BCUT2D eigenvalue weighted by Gasteiger charge is -2.26. The van der Waals surface area contributed by atoms with Gasteiger partial charge in [0.05, 0.1) is 0 Å². The summed E-state index contributed by atoms with van der Waals surface area (Å²) in [6.07, 6.45) is 13.3. The maximum absolute atomic E-state index is 2.42. The first-order valence-corrected chi connectivity index (χ1v) is 7.22. The quantitative estimate of drug-likeness (QED) is 0.514. The van der Waals surface area contributed by atoms with Crippen LogP contribution < -0.4 is 0 Å². The van der Waals surface area contributed by atoms with Gasteiger partial charge in [-0.1, -0.05) is 78.6 Å². The fourth-order valence-electron chi connectivity index (χ4n) is 2.75. The molecule has 0 radical (unpaired) electrons. The van der Waals surface area contributed by atoms with Gasteiger partial charge in [-0.25, -0.2) is 0 Å². The Balaban J connectivity index is 1.96. The van der Waals surface area contributed by atoms with E-state index in [1.54, 1.807) is 0 Å². The van der Waals surface area contributed by atoms with Gasteiger partial charge in [-0.3, -0.25) is 0 Å². The smallest absolute Gasteiger partial charge is 0.0414 e. The van der Waals surface area contributed by atoms with Gasteiger partial charge in [0.15, 0.2) is 0 Å². The first-order valence-electron chi connectivity index (χ1n) is 7.22. The van der Waals surface area contributed by atoms with Crippen molar-refractivity contribution in [2.24, 2.45) is 17.8 Å². The Bertz CT molecular complexity index is 142. The van der Waals surface area contributed by atoms with E-state index in [0.29, 0.717) is 0 Å². The highest BCUT2D eigenvalue weighted by Gasteiger charge is 2.17. The molecule has 0 aliphatic heterocycles. The summed E-state index contributed by atoms with van der Waals surface area (Å²) in [6, 6.07) is 0. The molecular weight excluding hydrogens is 180 g/mol. The highest BCUT2D eigenvalue weighted by molar-refractivity contribution is 4.70. The van der Waals surface area contributed by atoms with Crippen molar-refractivity contribution in [1.82, 2.24) is 0 Å². The molecule has 0 spiro atoms. The molecule has 90 valence electrons. The van der Waals surface area contributed by atoms with E-state index in [2.05, 4.69) is 20.8 Å². The molecule has 1 saturated carbocycles. The van der Waals surface area contributed by atoms with Crippen molar-refractivity contribution in [2.45, 2.75) is 78.6 Å². The molecule has 1 aliphatic carbocycles. The van der Waals surface area contributed by atoms with Crippen LogP contribution in [0.3, 0.4) is 0 Å². The maximum atomic E-state index is 2.42. The number of hydrogen-bond acceptors (Lipinski definition) is 0. The van der Waals surface area contributed by atoms with Gasteiger partial charge in [-0.15, -0.1) is 0 Å². The first-order chi connectivity index (χ1) is 7.22. The zero-order valence-corrected chi connectivity index (χ0v) is 11.1. The molecule has 1 rings (SSSR count). The molecule has 0 aromatic heterocycles. The van der Waals surface area contributed by atoms with E-state index in [9.17, 15) is 0 Å². The molecule has 0 heterocycles. The van der Waals surface area contributed by atoms with E-state index in [-0.39, 0.29) is 0 Å². The third kappa shape index (κ3) is 5.58.